The molecular weight excluding hydrogens is 265 g/mol. The fourth-order valence-corrected chi connectivity index (χ4v) is 1.55. The average molecular weight is 272 g/mol. The van der Waals surface area contributed by atoms with E-state index in [4.69, 9.17) is 0 Å². The van der Waals surface area contributed by atoms with Crippen LogP contribution in [0.4, 0.5) is 13.2 Å². The number of halogens is 3. The Bertz CT molecular complexity index is 700. The number of alkyl halides is 3. The third-order valence-electron chi connectivity index (χ3n) is 2.46. The summed E-state index contributed by atoms with van der Waals surface area (Å²) >= 11 is 0. The van der Waals surface area contributed by atoms with Gasteiger partial charge in [-0.15, -0.1) is 0 Å². The van der Waals surface area contributed by atoms with E-state index in [0.717, 1.165) is 13.2 Å². The van der Waals surface area contributed by atoms with E-state index in [1.165, 1.54) is 12.1 Å². The smallest absolute Gasteiger partial charge is 0.423 e. The monoisotopic (exact) mass is 272 g/mol. The molecule has 0 spiro atoms. The van der Waals surface area contributed by atoms with Crippen molar-refractivity contribution in [3.63, 3.8) is 0 Å². The molecule has 0 fully saturated rings. The molecule has 0 aliphatic heterocycles. The lowest BCUT2D eigenvalue weighted by Crippen LogP contribution is -2.18. The van der Waals surface area contributed by atoms with E-state index in [9.17, 15) is 22.8 Å². The number of carbonyl (C=O) groups excluding carboxylic acids is 1. The molecule has 1 aromatic heterocycles. The first-order valence-electron chi connectivity index (χ1n) is 5.06. The van der Waals surface area contributed by atoms with Crippen molar-refractivity contribution in [1.29, 1.82) is 0 Å². The molecule has 0 aliphatic carbocycles. The maximum atomic E-state index is 12.5. The molecule has 0 saturated carbocycles. The number of hydrogen-bond acceptors (Lipinski definition) is 4. The predicted octanol–water partition coefficient (Wildman–Crippen LogP) is 2.60. The predicted molar refractivity (Wildman–Crippen MR) is 58.8 cm³/mol. The normalized spacial score (nSPS) is 11.6. The maximum absolute atomic E-state index is 12.5. The number of esters is 1. The van der Waals surface area contributed by atoms with Crippen molar-refractivity contribution in [2.45, 2.75) is 6.18 Å². The second kappa shape index (κ2) is 4.42. The number of carbonyl (C=O) groups is 1. The SMILES string of the molecule is COC(=O)c1ccc2cc(C(F)(F)F)c(=O)oc2c1. The number of methoxy groups -OCH3 is 1. The Labute approximate surface area is 104 Å². The standard InChI is InChI=1S/C12H7F3O4/c1-18-10(16)7-3-2-6-4-8(12(13,14)15)11(17)19-9(6)5-7/h2-5H,1H3. The molecule has 100 valence electrons. The van der Waals surface area contributed by atoms with Gasteiger partial charge < -0.3 is 9.15 Å². The highest BCUT2D eigenvalue weighted by molar-refractivity contribution is 5.93. The molecular formula is C12H7F3O4. The Balaban J connectivity index is 2.65. The molecule has 0 bridgehead atoms. The van der Waals surface area contributed by atoms with Crippen LogP contribution in [-0.4, -0.2) is 13.1 Å². The number of hydrogen-bond donors (Lipinski definition) is 0. The summed E-state index contributed by atoms with van der Waals surface area (Å²) in [4.78, 5) is 22.5. The molecule has 0 aliphatic rings. The fourth-order valence-electron chi connectivity index (χ4n) is 1.55. The van der Waals surface area contributed by atoms with Crippen molar-refractivity contribution in [1.82, 2.24) is 0 Å². The van der Waals surface area contributed by atoms with Crippen LogP contribution in [0, 0.1) is 0 Å². The number of benzene rings is 1. The minimum atomic E-state index is -4.78. The zero-order valence-corrected chi connectivity index (χ0v) is 9.58. The van der Waals surface area contributed by atoms with E-state index in [1.807, 2.05) is 0 Å². The quantitative estimate of drug-likeness (QED) is 0.591. The van der Waals surface area contributed by atoms with Gasteiger partial charge in [0.2, 0.25) is 0 Å². The van der Waals surface area contributed by atoms with Gasteiger partial charge in [-0.05, 0) is 18.2 Å². The Hall–Kier alpha value is -2.31. The van der Waals surface area contributed by atoms with Crippen LogP contribution in [0.3, 0.4) is 0 Å². The Morgan fingerprint density at radius 3 is 2.53 bits per heavy atom. The van der Waals surface area contributed by atoms with Crippen LogP contribution in [0.15, 0.2) is 33.5 Å². The van der Waals surface area contributed by atoms with Crippen molar-refractivity contribution < 1.29 is 27.1 Å². The van der Waals surface area contributed by atoms with E-state index in [-0.39, 0.29) is 16.5 Å². The van der Waals surface area contributed by atoms with Gasteiger partial charge in [-0.25, -0.2) is 9.59 Å². The molecule has 2 aromatic rings. The first kappa shape index (κ1) is 13.1. The first-order valence-corrected chi connectivity index (χ1v) is 5.06. The Kier molecular flexibility index (Phi) is 3.05. The van der Waals surface area contributed by atoms with E-state index in [2.05, 4.69) is 9.15 Å². The second-order valence-electron chi connectivity index (χ2n) is 3.69. The molecule has 0 saturated heterocycles. The van der Waals surface area contributed by atoms with Crippen molar-refractivity contribution >= 4 is 16.9 Å². The van der Waals surface area contributed by atoms with Gasteiger partial charge in [0.1, 0.15) is 11.1 Å². The van der Waals surface area contributed by atoms with Crippen LogP contribution < -0.4 is 5.63 Å². The largest absolute Gasteiger partial charge is 0.465 e. The number of fused-ring (bicyclic) bond motifs is 1. The summed E-state index contributed by atoms with van der Waals surface area (Å²) in [6.07, 6.45) is -4.78. The summed E-state index contributed by atoms with van der Waals surface area (Å²) in [6, 6.07) is 4.37. The highest BCUT2D eigenvalue weighted by Gasteiger charge is 2.35. The summed E-state index contributed by atoms with van der Waals surface area (Å²) in [5.74, 6) is -0.676. The van der Waals surface area contributed by atoms with Gasteiger partial charge in [-0.1, -0.05) is 6.07 Å². The summed E-state index contributed by atoms with van der Waals surface area (Å²) in [5, 5.41) is 0.0691. The summed E-state index contributed by atoms with van der Waals surface area (Å²) < 4.78 is 46.5. The van der Waals surface area contributed by atoms with Gasteiger partial charge in [-0.2, -0.15) is 13.2 Å². The Morgan fingerprint density at radius 1 is 1.26 bits per heavy atom. The maximum Gasteiger partial charge on any atom is 0.423 e. The summed E-state index contributed by atoms with van der Waals surface area (Å²) in [6.45, 7) is 0. The van der Waals surface area contributed by atoms with Crippen molar-refractivity contribution in [3.05, 3.63) is 45.8 Å². The van der Waals surface area contributed by atoms with Crippen molar-refractivity contribution in [2.24, 2.45) is 0 Å². The van der Waals surface area contributed by atoms with Crippen LogP contribution in [0.1, 0.15) is 15.9 Å². The van der Waals surface area contributed by atoms with Gasteiger partial charge in [-0.3, -0.25) is 0 Å². The zero-order valence-electron chi connectivity index (χ0n) is 9.58. The van der Waals surface area contributed by atoms with Gasteiger partial charge in [0.25, 0.3) is 0 Å². The lowest BCUT2D eigenvalue weighted by molar-refractivity contribution is -0.139. The Morgan fingerprint density at radius 2 is 1.95 bits per heavy atom. The molecule has 0 atom stereocenters. The molecule has 1 aromatic carbocycles. The number of ether oxygens (including phenoxy) is 1. The molecule has 2 rings (SSSR count). The van der Waals surface area contributed by atoms with Crippen LogP contribution in [0.25, 0.3) is 11.0 Å². The second-order valence-corrected chi connectivity index (χ2v) is 3.69. The summed E-state index contributed by atoms with van der Waals surface area (Å²) in [5.41, 5.74) is -2.91. The lowest BCUT2D eigenvalue weighted by atomic mass is 10.1. The van der Waals surface area contributed by atoms with E-state index < -0.39 is 23.3 Å². The summed E-state index contributed by atoms with van der Waals surface area (Å²) in [7, 11) is 1.16. The molecule has 0 amide bonds. The van der Waals surface area contributed by atoms with Crippen LogP contribution in [0.2, 0.25) is 0 Å². The molecule has 0 N–H and O–H groups in total. The average Bonchev–Trinajstić information content (AvgIpc) is 2.35. The topological polar surface area (TPSA) is 56.5 Å². The van der Waals surface area contributed by atoms with E-state index in [1.54, 1.807) is 0 Å². The third kappa shape index (κ3) is 2.44. The molecule has 0 unspecified atom stereocenters. The van der Waals surface area contributed by atoms with Gasteiger partial charge in [0.15, 0.2) is 0 Å². The van der Waals surface area contributed by atoms with Gasteiger partial charge in [0, 0.05) is 5.39 Å². The number of rotatable bonds is 1. The minimum Gasteiger partial charge on any atom is -0.465 e. The zero-order chi connectivity index (χ0) is 14.2. The van der Waals surface area contributed by atoms with Crippen LogP contribution in [0.5, 0.6) is 0 Å². The van der Waals surface area contributed by atoms with Gasteiger partial charge >= 0.3 is 17.8 Å². The molecule has 19 heavy (non-hydrogen) atoms. The minimum absolute atomic E-state index is 0.0691. The highest BCUT2D eigenvalue weighted by atomic mass is 19.4. The van der Waals surface area contributed by atoms with Crippen molar-refractivity contribution in [2.75, 3.05) is 7.11 Å². The van der Waals surface area contributed by atoms with Crippen LogP contribution >= 0.6 is 0 Å². The molecule has 4 nitrogen and oxygen atoms in total. The molecule has 0 radical (unpaired) electrons. The van der Waals surface area contributed by atoms with Crippen molar-refractivity contribution in [3.8, 4) is 0 Å². The van der Waals surface area contributed by atoms with E-state index in [0.29, 0.717) is 6.07 Å². The molecule has 1 heterocycles. The van der Waals surface area contributed by atoms with Crippen LogP contribution in [-0.2, 0) is 10.9 Å². The van der Waals surface area contributed by atoms with Gasteiger partial charge in [0.05, 0.1) is 12.7 Å². The highest BCUT2D eigenvalue weighted by Crippen LogP contribution is 2.28. The molecule has 7 heteroatoms. The first-order chi connectivity index (χ1) is 8.82. The van der Waals surface area contributed by atoms with E-state index >= 15 is 0 Å². The third-order valence-corrected chi connectivity index (χ3v) is 2.46. The lowest BCUT2D eigenvalue weighted by Gasteiger charge is -2.06. The fraction of sp³-hybridized carbons (Fsp3) is 0.167.